The molecule has 0 aliphatic heterocycles. The average Bonchev–Trinajstić information content (AvgIpc) is 2.85. The predicted molar refractivity (Wildman–Crippen MR) is 49.7 cm³/mol. The van der Waals surface area contributed by atoms with E-state index in [-0.39, 0.29) is 5.97 Å². The standard InChI is InChI=1S/C11H12O2/c1-8(12)13-11-4-2-3-10(7-11)9-5-6-9/h2-4,7,9H,5-6H2,1H3. The first kappa shape index (κ1) is 8.30. The Kier molecular flexibility index (Phi) is 2.05. The molecule has 0 radical (unpaired) electrons. The van der Waals surface area contributed by atoms with Gasteiger partial charge in [0.1, 0.15) is 5.75 Å². The van der Waals surface area contributed by atoms with E-state index in [4.69, 9.17) is 4.74 Å². The highest BCUT2D eigenvalue weighted by Crippen LogP contribution is 2.40. The fraction of sp³-hybridized carbons (Fsp3) is 0.364. The Hall–Kier alpha value is -1.31. The average molecular weight is 176 g/mol. The minimum atomic E-state index is -0.257. The van der Waals surface area contributed by atoms with Gasteiger partial charge in [-0.05, 0) is 36.5 Å². The number of ether oxygens (including phenoxy) is 1. The topological polar surface area (TPSA) is 26.3 Å². The monoisotopic (exact) mass is 176 g/mol. The van der Waals surface area contributed by atoms with Gasteiger partial charge in [-0.15, -0.1) is 0 Å². The maximum atomic E-state index is 10.7. The SMILES string of the molecule is CC(=O)Oc1cccc(C2CC2)c1. The molecule has 0 amide bonds. The summed E-state index contributed by atoms with van der Waals surface area (Å²) in [5.74, 6) is 1.11. The van der Waals surface area contributed by atoms with Crippen LogP contribution in [0, 0.1) is 0 Å². The van der Waals surface area contributed by atoms with Crippen LogP contribution in [-0.4, -0.2) is 5.97 Å². The van der Waals surface area contributed by atoms with Crippen molar-refractivity contribution in [2.75, 3.05) is 0 Å². The highest BCUT2D eigenvalue weighted by Gasteiger charge is 2.23. The summed E-state index contributed by atoms with van der Waals surface area (Å²) in [6, 6.07) is 7.79. The van der Waals surface area contributed by atoms with Crippen LogP contribution < -0.4 is 4.74 Å². The Morgan fingerprint density at radius 2 is 2.23 bits per heavy atom. The summed E-state index contributed by atoms with van der Waals surface area (Å²) in [5.41, 5.74) is 1.29. The van der Waals surface area contributed by atoms with Crippen molar-refractivity contribution in [2.24, 2.45) is 0 Å². The Morgan fingerprint density at radius 3 is 2.85 bits per heavy atom. The summed E-state index contributed by atoms with van der Waals surface area (Å²) in [7, 11) is 0. The summed E-state index contributed by atoms with van der Waals surface area (Å²) in [6.07, 6.45) is 2.53. The lowest BCUT2D eigenvalue weighted by molar-refractivity contribution is -0.131. The second-order valence-electron chi connectivity index (χ2n) is 3.44. The molecule has 1 fully saturated rings. The van der Waals surface area contributed by atoms with Crippen LogP contribution >= 0.6 is 0 Å². The first-order chi connectivity index (χ1) is 6.25. The molecule has 2 nitrogen and oxygen atoms in total. The van der Waals surface area contributed by atoms with Gasteiger partial charge in [-0.25, -0.2) is 0 Å². The third-order valence-corrected chi connectivity index (χ3v) is 2.17. The van der Waals surface area contributed by atoms with E-state index >= 15 is 0 Å². The van der Waals surface area contributed by atoms with Gasteiger partial charge in [-0.2, -0.15) is 0 Å². The lowest BCUT2D eigenvalue weighted by Gasteiger charge is -2.02. The Balaban J connectivity index is 2.16. The van der Waals surface area contributed by atoms with Crippen LogP contribution in [0.2, 0.25) is 0 Å². The molecule has 0 unspecified atom stereocenters. The molecule has 2 heteroatoms. The molecule has 0 atom stereocenters. The zero-order valence-corrected chi connectivity index (χ0v) is 7.62. The van der Waals surface area contributed by atoms with Crippen LogP contribution in [-0.2, 0) is 4.79 Å². The van der Waals surface area contributed by atoms with Gasteiger partial charge in [-0.3, -0.25) is 4.79 Å². The van der Waals surface area contributed by atoms with Gasteiger partial charge in [0.05, 0.1) is 0 Å². The van der Waals surface area contributed by atoms with Gasteiger partial charge in [0.25, 0.3) is 0 Å². The van der Waals surface area contributed by atoms with Gasteiger partial charge in [0.15, 0.2) is 0 Å². The van der Waals surface area contributed by atoms with Crippen LogP contribution in [0.15, 0.2) is 24.3 Å². The van der Waals surface area contributed by atoms with Crippen molar-refractivity contribution in [1.29, 1.82) is 0 Å². The van der Waals surface area contributed by atoms with E-state index < -0.39 is 0 Å². The van der Waals surface area contributed by atoms with E-state index in [1.54, 1.807) is 0 Å². The predicted octanol–water partition coefficient (Wildman–Crippen LogP) is 2.49. The molecule has 1 aromatic rings. The van der Waals surface area contributed by atoms with Crippen LogP contribution in [0.1, 0.15) is 31.2 Å². The van der Waals surface area contributed by atoms with Gasteiger partial charge in [0.2, 0.25) is 0 Å². The molecular formula is C11H12O2. The molecule has 68 valence electrons. The highest BCUT2D eigenvalue weighted by molar-refractivity contribution is 5.69. The Bertz CT molecular complexity index is 327. The molecule has 1 aromatic carbocycles. The summed E-state index contributed by atoms with van der Waals surface area (Å²) in [6.45, 7) is 1.42. The van der Waals surface area contributed by atoms with Crippen LogP contribution in [0.4, 0.5) is 0 Å². The number of hydrogen-bond donors (Lipinski definition) is 0. The normalized spacial score (nSPS) is 15.5. The Morgan fingerprint density at radius 1 is 1.46 bits per heavy atom. The van der Waals surface area contributed by atoms with E-state index in [0.717, 1.165) is 0 Å². The number of hydrogen-bond acceptors (Lipinski definition) is 2. The zero-order valence-electron chi connectivity index (χ0n) is 7.62. The van der Waals surface area contributed by atoms with Crippen molar-refractivity contribution < 1.29 is 9.53 Å². The lowest BCUT2D eigenvalue weighted by Crippen LogP contribution is -2.01. The number of rotatable bonds is 2. The summed E-state index contributed by atoms with van der Waals surface area (Å²) in [4.78, 5) is 10.7. The molecule has 0 bridgehead atoms. The quantitative estimate of drug-likeness (QED) is 0.511. The molecule has 0 heterocycles. The molecule has 1 saturated carbocycles. The van der Waals surface area contributed by atoms with Gasteiger partial charge >= 0.3 is 5.97 Å². The number of carbonyl (C=O) groups is 1. The van der Waals surface area contributed by atoms with Crippen LogP contribution in [0.5, 0.6) is 5.75 Å². The molecular weight excluding hydrogens is 164 g/mol. The first-order valence-corrected chi connectivity index (χ1v) is 4.54. The first-order valence-electron chi connectivity index (χ1n) is 4.54. The minimum absolute atomic E-state index is 0.257. The van der Waals surface area contributed by atoms with Gasteiger partial charge < -0.3 is 4.74 Å². The van der Waals surface area contributed by atoms with E-state index in [2.05, 4.69) is 6.07 Å². The molecule has 0 spiro atoms. The second kappa shape index (κ2) is 3.21. The fourth-order valence-electron chi connectivity index (χ4n) is 1.41. The number of carbonyl (C=O) groups excluding carboxylic acids is 1. The molecule has 0 aromatic heterocycles. The molecule has 0 N–H and O–H groups in total. The van der Waals surface area contributed by atoms with Gasteiger partial charge in [-0.1, -0.05) is 12.1 Å². The maximum Gasteiger partial charge on any atom is 0.308 e. The molecule has 13 heavy (non-hydrogen) atoms. The maximum absolute atomic E-state index is 10.7. The van der Waals surface area contributed by atoms with Crippen LogP contribution in [0.25, 0.3) is 0 Å². The van der Waals surface area contributed by atoms with E-state index in [9.17, 15) is 4.79 Å². The summed E-state index contributed by atoms with van der Waals surface area (Å²) >= 11 is 0. The van der Waals surface area contributed by atoms with Crippen molar-refractivity contribution in [2.45, 2.75) is 25.7 Å². The summed E-state index contributed by atoms with van der Waals surface area (Å²) < 4.78 is 4.99. The smallest absolute Gasteiger partial charge is 0.308 e. The van der Waals surface area contributed by atoms with Crippen molar-refractivity contribution in [3.63, 3.8) is 0 Å². The van der Waals surface area contributed by atoms with E-state index in [1.807, 2.05) is 18.2 Å². The third kappa shape index (κ3) is 2.08. The molecule has 0 saturated heterocycles. The van der Waals surface area contributed by atoms with Crippen molar-refractivity contribution >= 4 is 5.97 Å². The molecule has 1 aliphatic rings. The second-order valence-corrected chi connectivity index (χ2v) is 3.44. The van der Waals surface area contributed by atoms with E-state index in [0.29, 0.717) is 11.7 Å². The van der Waals surface area contributed by atoms with Crippen LogP contribution in [0.3, 0.4) is 0 Å². The largest absolute Gasteiger partial charge is 0.427 e. The fourth-order valence-corrected chi connectivity index (χ4v) is 1.41. The van der Waals surface area contributed by atoms with E-state index in [1.165, 1.54) is 25.3 Å². The third-order valence-electron chi connectivity index (χ3n) is 2.17. The minimum Gasteiger partial charge on any atom is -0.427 e. The lowest BCUT2D eigenvalue weighted by atomic mass is 10.1. The zero-order chi connectivity index (χ0) is 9.26. The van der Waals surface area contributed by atoms with Gasteiger partial charge in [0, 0.05) is 6.92 Å². The van der Waals surface area contributed by atoms with Crippen molar-refractivity contribution in [3.8, 4) is 5.75 Å². The van der Waals surface area contributed by atoms with Crippen molar-refractivity contribution in [1.82, 2.24) is 0 Å². The Labute approximate surface area is 77.5 Å². The number of esters is 1. The van der Waals surface area contributed by atoms with Crippen molar-refractivity contribution in [3.05, 3.63) is 29.8 Å². The summed E-state index contributed by atoms with van der Waals surface area (Å²) in [5, 5.41) is 0. The number of benzene rings is 1. The molecule has 1 aliphatic carbocycles. The highest BCUT2D eigenvalue weighted by atomic mass is 16.5. The molecule has 2 rings (SSSR count).